The fraction of sp³-hybridized carbons (Fsp3) is 0.227. The molecule has 1 saturated heterocycles. The molecule has 0 aliphatic carbocycles. The van der Waals surface area contributed by atoms with E-state index in [1.807, 2.05) is 49.4 Å². The lowest BCUT2D eigenvalue weighted by molar-refractivity contribution is 0.0668. The Morgan fingerprint density at radius 3 is 2.40 bits per heavy atom. The van der Waals surface area contributed by atoms with Crippen LogP contribution >= 0.6 is 11.6 Å². The molecule has 0 radical (unpaired) electrons. The predicted octanol–water partition coefficient (Wildman–Crippen LogP) is 4.15. The number of sulfonamides is 1. The van der Waals surface area contributed by atoms with Crippen molar-refractivity contribution in [3.63, 3.8) is 0 Å². The number of hydrogen-bond donors (Lipinski definition) is 0. The smallest absolute Gasteiger partial charge is 0.289 e. The van der Waals surface area contributed by atoms with Crippen molar-refractivity contribution in [3.8, 4) is 0 Å². The molecule has 2 aromatic carbocycles. The van der Waals surface area contributed by atoms with Gasteiger partial charge in [-0.1, -0.05) is 54.1 Å². The van der Waals surface area contributed by atoms with Crippen LogP contribution in [0.2, 0.25) is 5.02 Å². The van der Waals surface area contributed by atoms with Gasteiger partial charge in [-0.25, -0.2) is 8.42 Å². The van der Waals surface area contributed by atoms with Crippen molar-refractivity contribution in [1.82, 2.24) is 9.21 Å². The van der Waals surface area contributed by atoms with Crippen molar-refractivity contribution in [3.05, 3.63) is 75.8 Å². The highest BCUT2D eigenvalue weighted by molar-refractivity contribution is 7.92. The van der Waals surface area contributed by atoms with Gasteiger partial charge in [-0.3, -0.25) is 4.79 Å². The summed E-state index contributed by atoms with van der Waals surface area (Å²) in [6.45, 7) is 2.87. The maximum absolute atomic E-state index is 13.0. The predicted molar refractivity (Wildman–Crippen MR) is 118 cm³/mol. The fourth-order valence-corrected chi connectivity index (χ4v) is 4.90. The zero-order chi connectivity index (χ0) is 21.3. The van der Waals surface area contributed by atoms with E-state index in [0.717, 1.165) is 16.5 Å². The Morgan fingerprint density at radius 2 is 1.73 bits per heavy atom. The van der Waals surface area contributed by atoms with E-state index in [-0.39, 0.29) is 24.8 Å². The average Bonchev–Trinajstić information content (AvgIpc) is 3.11. The van der Waals surface area contributed by atoms with E-state index in [0.29, 0.717) is 23.7 Å². The number of carbonyl (C=O) groups is 1. The lowest BCUT2D eigenvalue weighted by Crippen LogP contribution is -2.50. The summed E-state index contributed by atoms with van der Waals surface area (Å²) in [6.07, 6.45) is 1.58. The van der Waals surface area contributed by atoms with Crippen LogP contribution < -0.4 is 0 Å². The first-order chi connectivity index (χ1) is 14.4. The molecule has 8 heteroatoms. The molecule has 3 aromatic rings. The van der Waals surface area contributed by atoms with Gasteiger partial charge < -0.3 is 9.32 Å². The zero-order valence-corrected chi connectivity index (χ0v) is 18.0. The molecule has 0 N–H and O–H groups in total. The number of benzene rings is 2. The molecule has 156 valence electrons. The van der Waals surface area contributed by atoms with E-state index in [9.17, 15) is 13.2 Å². The molecule has 0 bridgehead atoms. The molecule has 1 aliphatic heterocycles. The van der Waals surface area contributed by atoms with Crippen molar-refractivity contribution in [2.75, 3.05) is 26.2 Å². The second-order valence-electron chi connectivity index (χ2n) is 7.12. The van der Waals surface area contributed by atoms with E-state index in [2.05, 4.69) is 0 Å². The minimum absolute atomic E-state index is 0.229. The Bertz CT molecular complexity index is 1210. The van der Waals surface area contributed by atoms with Crippen LogP contribution in [0.25, 0.3) is 17.0 Å². The Kier molecular flexibility index (Phi) is 5.69. The Hall–Kier alpha value is -2.61. The molecule has 4 rings (SSSR count). The molecule has 1 fully saturated rings. The number of para-hydroxylation sites is 1. The number of piperazine rings is 1. The minimum atomic E-state index is -3.56. The van der Waals surface area contributed by atoms with Gasteiger partial charge in [0.25, 0.3) is 5.91 Å². The third-order valence-corrected chi connectivity index (χ3v) is 7.09. The van der Waals surface area contributed by atoms with Gasteiger partial charge in [0.15, 0.2) is 11.3 Å². The fourth-order valence-electron chi connectivity index (χ4n) is 3.52. The number of rotatable bonds is 4. The van der Waals surface area contributed by atoms with Crippen LogP contribution in [0.4, 0.5) is 0 Å². The lowest BCUT2D eigenvalue weighted by Gasteiger charge is -2.33. The number of fused-ring (bicyclic) bond motifs is 1. The summed E-state index contributed by atoms with van der Waals surface area (Å²) in [5, 5.41) is 2.47. The Labute approximate surface area is 180 Å². The van der Waals surface area contributed by atoms with Crippen molar-refractivity contribution < 1.29 is 17.6 Å². The molecule has 0 spiro atoms. The molecule has 1 amide bonds. The van der Waals surface area contributed by atoms with Crippen molar-refractivity contribution >= 4 is 44.6 Å². The van der Waals surface area contributed by atoms with Gasteiger partial charge in [0.1, 0.15) is 0 Å². The van der Waals surface area contributed by atoms with Crippen molar-refractivity contribution in [1.29, 1.82) is 0 Å². The zero-order valence-electron chi connectivity index (χ0n) is 16.4. The summed E-state index contributed by atoms with van der Waals surface area (Å²) >= 11 is 6.18. The van der Waals surface area contributed by atoms with Crippen LogP contribution in [0.5, 0.6) is 0 Å². The third-order valence-electron chi connectivity index (χ3n) is 5.23. The van der Waals surface area contributed by atoms with Crippen LogP contribution in [0.3, 0.4) is 0 Å². The highest BCUT2D eigenvalue weighted by Gasteiger charge is 2.30. The van der Waals surface area contributed by atoms with E-state index < -0.39 is 10.0 Å². The normalized spacial score (nSPS) is 15.9. The molecule has 0 atom stereocenters. The molecular weight excluding hydrogens is 424 g/mol. The largest absolute Gasteiger partial charge is 0.449 e. The second-order valence-corrected chi connectivity index (χ2v) is 9.35. The Morgan fingerprint density at radius 1 is 1.03 bits per heavy atom. The molecule has 1 aliphatic rings. The van der Waals surface area contributed by atoms with E-state index in [1.54, 1.807) is 17.0 Å². The van der Waals surface area contributed by atoms with Gasteiger partial charge in [0, 0.05) is 42.5 Å². The maximum Gasteiger partial charge on any atom is 0.289 e. The number of aryl methyl sites for hydroxylation is 1. The average molecular weight is 445 g/mol. The topological polar surface area (TPSA) is 70.8 Å². The van der Waals surface area contributed by atoms with Crippen LogP contribution in [0, 0.1) is 6.92 Å². The van der Waals surface area contributed by atoms with E-state index in [1.165, 1.54) is 9.71 Å². The summed E-state index contributed by atoms with van der Waals surface area (Å²) in [7, 11) is -3.56. The van der Waals surface area contributed by atoms with Crippen molar-refractivity contribution in [2.24, 2.45) is 0 Å². The lowest BCUT2D eigenvalue weighted by atomic mass is 10.1. The van der Waals surface area contributed by atoms with Gasteiger partial charge in [0.05, 0.1) is 5.02 Å². The summed E-state index contributed by atoms with van der Waals surface area (Å²) in [5.41, 5.74) is 2.04. The SMILES string of the molecule is Cc1c(C(=O)N2CCN(S(=O)(=O)/C=C/c3ccccc3)CC2)oc2c(Cl)cccc12. The second kappa shape index (κ2) is 8.26. The minimum Gasteiger partial charge on any atom is -0.449 e. The number of hydrogen-bond acceptors (Lipinski definition) is 4. The van der Waals surface area contributed by atoms with Crippen LogP contribution in [0.15, 0.2) is 58.4 Å². The van der Waals surface area contributed by atoms with Crippen LogP contribution in [-0.4, -0.2) is 49.7 Å². The van der Waals surface area contributed by atoms with E-state index >= 15 is 0 Å². The summed E-state index contributed by atoms with van der Waals surface area (Å²) in [5.74, 6) is -0.00461. The molecule has 2 heterocycles. The summed E-state index contributed by atoms with van der Waals surface area (Å²) in [4.78, 5) is 14.6. The first-order valence-electron chi connectivity index (χ1n) is 9.57. The highest BCUT2D eigenvalue weighted by atomic mass is 35.5. The molecule has 6 nitrogen and oxygen atoms in total. The first-order valence-corrected chi connectivity index (χ1v) is 11.4. The van der Waals surface area contributed by atoms with Crippen LogP contribution in [-0.2, 0) is 10.0 Å². The molecular formula is C22H21ClN2O4S. The molecule has 0 unspecified atom stereocenters. The quantitative estimate of drug-likeness (QED) is 0.606. The van der Waals surface area contributed by atoms with Gasteiger partial charge in [-0.15, -0.1) is 0 Å². The Balaban J connectivity index is 1.46. The molecule has 0 saturated carbocycles. The summed E-state index contributed by atoms with van der Waals surface area (Å²) in [6, 6.07) is 14.6. The van der Waals surface area contributed by atoms with Crippen LogP contribution in [0.1, 0.15) is 21.7 Å². The molecule has 1 aromatic heterocycles. The first kappa shape index (κ1) is 20.7. The standard InChI is InChI=1S/C22H21ClN2O4S/c1-16-18-8-5-9-19(23)21(18)29-20(16)22(26)24-11-13-25(14-12-24)30(27,28)15-10-17-6-3-2-4-7-17/h2-10,15H,11-14H2,1H3/b15-10+. The summed E-state index contributed by atoms with van der Waals surface area (Å²) < 4.78 is 32.4. The van der Waals surface area contributed by atoms with E-state index in [4.69, 9.17) is 16.0 Å². The van der Waals surface area contributed by atoms with Gasteiger partial charge in [0.2, 0.25) is 10.0 Å². The monoisotopic (exact) mass is 444 g/mol. The molecule has 30 heavy (non-hydrogen) atoms. The number of halogens is 1. The number of amides is 1. The van der Waals surface area contributed by atoms with Gasteiger partial charge in [-0.2, -0.15) is 4.31 Å². The highest BCUT2D eigenvalue weighted by Crippen LogP contribution is 2.31. The third kappa shape index (κ3) is 4.01. The van der Waals surface area contributed by atoms with Gasteiger partial charge in [-0.05, 0) is 24.6 Å². The number of carbonyl (C=O) groups excluding carboxylic acids is 1. The maximum atomic E-state index is 13.0. The number of nitrogens with zero attached hydrogens (tertiary/aromatic N) is 2. The van der Waals surface area contributed by atoms with Gasteiger partial charge >= 0.3 is 0 Å². The van der Waals surface area contributed by atoms with Crippen molar-refractivity contribution in [2.45, 2.75) is 6.92 Å². The number of furan rings is 1.